The predicted octanol–water partition coefficient (Wildman–Crippen LogP) is 3.17. The lowest BCUT2D eigenvalue weighted by Gasteiger charge is -2.24. The van der Waals surface area contributed by atoms with E-state index in [4.69, 9.17) is 4.74 Å². The quantitative estimate of drug-likeness (QED) is 0.818. The van der Waals surface area contributed by atoms with E-state index in [1.165, 1.54) is 37.9 Å². The largest absolute Gasteiger partial charge is 0.444 e. The van der Waals surface area contributed by atoms with Gasteiger partial charge in [0, 0.05) is 24.4 Å². The van der Waals surface area contributed by atoms with Crippen LogP contribution >= 0.6 is 11.8 Å². The minimum atomic E-state index is -0.420. The van der Waals surface area contributed by atoms with Crippen LogP contribution in [0.15, 0.2) is 0 Å². The van der Waals surface area contributed by atoms with Gasteiger partial charge in [-0.3, -0.25) is 0 Å². The Kier molecular flexibility index (Phi) is 6.23. The maximum absolute atomic E-state index is 11.7. The first-order chi connectivity index (χ1) is 9.94. The van der Waals surface area contributed by atoms with Crippen molar-refractivity contribution in [2.75, 3.05) is 18.8 Å². The van der Waals surface area contributed by atoms with Crippen LogP contribution in [0.4, 0.5) is 4.79 Å². The first-order valence-electron chi connectivity index (χ1n) is 8.26. The van der Waals surface area contributed by atoms with Gasteiger partial charge in [-0.15, -0.1) is 0 Å². The van der Waals surface area contributed by atoms with E-state index in [1.807, 2.05) is 20.8 Å². The highest BCUT2D eigenvalue weighted by Crippen LogP contribution is 2.28. The second-order valence-electron chi connectivity index (χ2n) is 7.22. The number of carbonyl (C=O) groups excluding carboxylic acids is 1. The SMILES string of the molecule is CC(C)(C)OC(=O)NCC1CCCC1NCC1CCCS1. The summed E-state index contributed by atoms with van der Waals surface area (Å²) in [5.41, 5.74) is -0.420. The summed E-state index contributed by atoms with van der Waals surface area (Å²) in [6, 6.07) is 0.557. The number of rotatable bonds is 5. The maximum Gasteiger partial charge on any atom is 0.407 e. The van der Waals surface area contributed by atoms with Gasteiger partial charge in [0.1, 0.15) is 5.60 Å². The lowest BCUT2D eigenvalue weighted by atomic mass is 10.0. The molecule has 2 rings (SSSR count). The topological polar surface area (TPSA) is 50.4 Å². The van der Waals surface area contributed by atoms with Crippen molar-refractivity contribution in [2.45, 2.75) is 69.8 Å². The van der Waals surface area contributed by atoms with Gasteiger partial charge in [0.25, 0.3) is 0 Å². The molecule has 1 aliphatic heterocycles. The number of thioether (sulfide) groups is 1. The van der Waals surface area contributed by atoms with Gasteiger partial charge in [-0.25, -0.2) is 4.79 Å². The summed E-state index contributed by atoms with van der Waals surface area (Å²) >= 11 is 2.10. The van der Waals surface area contributed by atoms with E-state index in [0.29, 0.717) is 12.0 Å². The lowest BCUT2D eigenvalue weighted by Crippen LogP contribution is -2.42. The number of alkyl carbamates (subject to hydrolysis) is 1. The Morgan fingerprint density at radius 2 is 2.00 bits per heavy atom. The zero-order chi connectivity index (χ0) is 15.3. The first kappa shape index (κ1) is 16.9. The molecule has 2 N–H and O–H groups in total. The summed E-state index contributed by atoms with van der Waals surface area (Å²) in [5.74, 6) is 1.87. The third-order valence-corrected chi connectivity index (χ3v) is 5.60. The standard InChI is InChI=1S/C16H30N2O2S/c1-16(2,3)20-15(19)18-10-12-6-4-8-14(12)17-11-13-7-5-9-21-13/h12-14,17H,4-11H2,1-3H3,(H,18,19). The van der Waals surface area contributed by atoms with Crippen LogP contribution in [0.25, 0.3) is 0 Å². The Hall–Kier alpha value is -0.420. The van der Waals surface area contributed by atoms with Gasteiger partial charge < -0.3 is 15.4 Å². The van der Waals surface area contributed by atoms with Gasteiger partial charge in [0.2, 0.25) is 0 Å². The van der Waals surface area contributed by atoms with Crippen LogP contribution < -0.4 is 10.6 Å². The highest BCUT2D eigenvalue weighted by Gasteiger charge is 2.29. The molecule has 1 saturated heterocycles. The molecular formula is C16H30N2O2S. The molecule has 0 bridgehead atoms. The molecule has 3 atom stereocenters. The molecule has 0 aromatic carbocycles. The van der Waals surface area contributed by atoms with E-state index in [9.17, 15) is 4.79 Å². The number of hydrogen-bond donors (Lipinski definition) is 2. The molecule has 1 heterocycles. The highest BCUT2D eigenvalue weighted by molar-refractivity contribution is 8.00. The van der Waals surface area contributed by atoms with E-state index >= 15 is 0 Å². The first-order valence-corrected chi connectivity index (χ1v) is 9.31. The minimum Gasteiger partial charge on any atom is -0.444 e. The molecule has 0 spiro atoms. The van der Waals surface area contributed by atoms with Crippen molar-refractivity contribution < 1.29 is 9.53 Å². The highest BCUT2D eigenvalue weighted by atomic mass is 32.2. The summed E-state index contributed by atoms with van der Waals surface area (Å²) in [6.07, 6.45) is 6.12. The van der Waals surface area contributed by atoms with Gasteiger partial charge in [0.15, 0.2) is 0 Å². The Morgan fingerprint density at radius 1 is 1.19 bits per heavy atom. The molecule has 0 aromatic rings. The van der Waals surface area contributed by atoms with Gasteiger partial charge in [-0.05, 0) is 58.1 Å². The monoisotopic (exact) mass is 314 g/mol. The van der Waals surface area contributed by atoms with Gasteiger partial charge in [-0.2, -0.15) is 11.8 Å². The van der Waals surface area contributed by atoms with Crippen LogP contribution in [0.3, 0.4) is 0 Å². The predicted molar refractivity (Wildman–Crippen MR) is 88.8 cm³/mol. The molecule has 5 heteroatoms. The molecular weight excluding hydrogens is 284 g/mol. The summed E-state index contributed by atoms with van der Waals surface area (Å²) in [7, 11) is 0. The van der Waals surface area contributed by atoms with Crippen molar-refractivity contribution >= 4 is 17.9 Å². The molecule has 1 saturated carbocycles. The number of ether oxygens (including phenoxy) is 1. The molecule has 2 fully saturated rings. The zero-order valence-electron chi connectivity index (χ0n) is 13.6. The fraction of sp³-hybridized carbons (Fsp3) is 0.938. The molecule has 21 heavy (non-hydrogen) atoms. The number of hydrogen-bond acceptors (Lipinski definition) is 4. The Balaban J connectivity index is 1.67. The van der Waals surface area contributed by atoms with Crippen molar-refractivity contribution in [3.8, 4) is 0 Å². The maximum atomic E-state index is 11.7. The summed E-state index contributed by atoms with van der Waals surface area (Å²) < 4.78 is 5.30. The molecule has 2 aliphatic rings. The van der Waals surface area contributed by atoms with Gasteiger partial charge in [-0.1, -0.05) is 6.42 Å². The number of carbonyl (C=O) groups is 1. The summed E-state index contributed by atoms with van der Waals surface area (Å²) in [4.78, 5) is 11.7. The average Bonchev–Trinajstić information content (AvgIpc) is 3.03. The average molecular weight is 314 g/mol. The van der Waals surface area contributed by atoms with Crippen LogP contribution in [0.1, 0.15) is 52.9 Å². The van der Waals surface area contributed by atoms with E-state index in [1.54, 1.807) is 0 Å². The zero-order valence-corrected chi connectivity index (χ0v) is 14.4. The van der Waals surface area contributed by atoms with E-state index in [2.05, 4.69) is 22.4 Å². The van der Waals surface area contributed by atoms with E-state index < -0.39 is 5.60 Å². The molecule has 0 radical (unpaired) electrons. The number of amides is 1. The minimum absolute atomic E-state index is 0.292. The van der Waals surface area contributed by atoms with Crippen LogP contribution in [0, 0.1) is 5.92 Å². The molecule has 122 valence electrons. The Labute approximate surface area is 133 Å². The third kappa shape index (κ3) is 6.07. The van der Waals surface area contributed by atoms with Gasteiger partial charge in [0.05, 0.1) is 0 Å². The molecule has 1 amide bonds. The summed E-state index contributed by atoms with van der Waals surface area (Å²) in [5, 5.41) is 7.46. The summed E-state index contributed by atoms with van der Waals surface area (Å²) in [6.45, 7) is 7.53. The van der Waals surface area contributed by atoms with Crippen LogP contribution in [0.5, 0.6) is 0 Å². The van der Waals surface area contributed by atoms with E-state index in [0.717, 1.165) is 18.3 Å². The van der Waals surface area contributed by atoms with Crippen molar-refractivity contribution in [1.82, 2.24) is 10.6 Å². The van der Waals surface area contributed by atoms with Crippen LogP contribution in [0.2, 0.25) is 0 Å². The second kappa shape index (κ2) is 7.73. The number of nitrogens with one attached hydrogen (secondary N) is 2. The third-order valence-electron chi connectivity index (χ3n) is 4.20. The Bertz CT molecular complexity index is 338. The fourth-order valence-corrected chi connectivity index (χ4v) is 4.38. The van der Waals surface area contributed by atoms with E-state index in [-0.39, 0.29) is 6.09 Å². The molecule has 3 unspecified atom stereocenters. The normalized spacial score (nSPS) is 29.6. The smallest absolute Gasteiger partial charge is 0.407 e. The van der Waals surface area contributed by atoms with Crippen molar-refractivity contribution in [3.05, 3.63) is 0 Å². The van der Waals surface area contributed by atoms with Crippen molar-refractivity contribution in [3.63, 3.8) is 0 Å². The lowest BCUT2D eigenvalue weighted by molar-refractivity contribution is 0.0517. The Morgan fingerprint density at radius 3 is 2.67 bits per heavy atom. The van der Waals surface area contributed by atoms with Gasteiger partial charge >= 0.3 is 6.09 Å². The molecule has 1 aliphatic carbocycles. The molecule has 4 nitrogen and oxygen atoms in total. The fourth-order valence-electron chi connectivity index (χ4n) is 3.17. The second-order valence-corrected chi connectivity index (χ2v) is 8.63. The van der Waals surface area contributed by atoms with Crippen molar-refractivity contribution in [1.29, 1.82) is 0 Å². The van der Waals surface area contributed by atoms with Crippen LogP contribution in [-0.4, -0.2) is 41.8 Å². The molecule has 0 aromatic heterocycles. The van der Waals surface area contributed by atoms with Crippen LogP contribution in [-0.2, 0) is 4.74 Å². The van der Waals surface area contributed by atoms with Crippen molar-refractivity contribution in [2.24, 2.45) is 5.92 Å².